The molecule has 0 saturated heterocycles. The number of ether oxygens (including phenoxy) is 1. The number of rotatable bonds is 4. The maximum atomic E-state index is 12.0. The highest BCUT2D eigenvalue weighted by atomic mass is 16.5. The molecule has 4 saturated carbocycles. The average Bonchev–Trinajstić information content (AvgIpc) is 2.80. The first kappa shape index (κ1) is 14.0. The number of nitrogens with two attached hydrogens (primary N) is 1. The largest absolute Gasteiger partial charge is 0.463 e. The molecule has 4 N–H and O–H groups in total. The molecule has 5 nitrogen and oxygen atoms in total. The molecule has 5 heteroatoms. The number of fused-ring (bicyclic) bond motifs is 3. The summed E-state index contributed by atoms with van der Waals surface area (Å²) in [7, 11) is 1.65. The summed E-state index contributed by atoms with van der Waals surface area (Å²) in [5.74, 6) is 2.16. The lowest BCUT2D eigenvalue weighted by molar-refractivity contribution is -0.157. The molecular weight excluding hydrogens is 268 g/mol. The summed E-state index contributed by atoms with van der Waals surface area (Å²) in [6.07, 6.45) is 5.38. The molecule has 118 valence electrons. The number of likely N-dealkylation sites (N-methyl/N-ethyl adjacent to an activating group) is 1. The lowest BCUT2D eigenvalue weighted by atomic mass is 9.64. The van der Waals surface area contributed by atoms with E-state index in [0.717, 1.165) is 25.2 Å². The van der Waals surface area contributed by atoms with Crippen molar-refractivity contribution in [2.45, 2.75) is 50.3 Å². The molecule has 0 radical (unpaired) electrons. The Morgan fingerprint density at radius 1 is 1.43 bits per heavy atom. The van der Waals surface area contributed by atoms with Gasteiger partial charge < -0.3 is 15.6 Å². The van der Waals surface area contributed by atoms with Gasteiger partial charge in [0.1, 0.15) is 0 Å². The highest BCUT2D eigenvalue weighted by Gasteiger charge is 2.72. The van der Waals surface area contributed by atoms with E-state index < -0.39 is 17.2 Å². The van der Waals surface area contributed by atoms with Crippen LogP contribution in [-0.2, 0) is 9.53 Å². The molecule has 7 unspecified atom stereocenters. The predicted octanol–water partition coefficient (Wildman–Crippen LogP) is 0.611. The van der Waals surface area contributed by atoms with Gasteiger partial charge in [0.15, 0.2) is 5.66 Å². The molecule has 21 heavy (non-hydrogen) atoms. The van der Waals surface area contributed by atoms with E-state index in [1.54, 1.807) is 14.0 Å². The molecule has 0 spiro atoms. The third-order valence-corrected chi connectivity index (χ3v) is 6.90. The summed E-state index contributed by atoms with van der Waals surface area (Å²) in [5, 5.41) is 13.7. The van der Waals surface area contributed by atoms with E-state index in [1.807, 2.05) is 0 Å². The summed E-state index contributed by atoms with van der Waals surface area (Å²) in [5.41, 5.74) is 4.26. The number of nitrogens with one attached hydrogen (secondary N) is 1. The monoisotopic (exact) mass is 294 g/mol. The van der Waals surface area contributed by atoms with E-state index in [0.29, 0.717) is 24.4 Å². The molecule has 0 heterocycles. The highest BCUT2D eigenvalue weighted by Crippen LogP contribution is 2.75. The second kappa shape index (κ2) is 4.00. The molecule has 7 atom stereocenters. The van der Waals surface area contributed by atoms with Gasteiger partial charge in [-0.1, -0.05) is 0 Å². The molecule has 0 aromatic rings. The van der Waals surface area contributed by atoms with Gasteiger partial charge >= 0.3 is 5.97 Å². The van der Waals surface area contributed by atoms with Gasteiger partial charge in [-0.15, -0.1) is 0 Å². The van der Waals surface area contributed by atoms with E-state index in [-0.39, 0.29) is 5.41 Å². The van der Waals surface area contributed by atoms with E-state index in [9.17, 15) is 9.90 Å². The van der Waals surface area contributed by atoms with Gasteiger partial charge in [-0.3, -0.25) is 5.32 Å². The summed E-state index contributed by atoms with van der Waals surface area (Å²) >= 11 is 0. The third-order valence-electron chi connectivity index (χ3n) is 6.90. The first-order chi connectivity index (χ1) is 9.80. The average molecular weight is 294 g/mol. The van der Waals surface area contributed by atoms with Crippen molar-refractivity contribution >= 4 is 5.97 Å². The number of hydrogen-bond acceptors (Lipinski definition) is 5. The standard InChI is InChI=1S/C16H26N2O3/c1-14(17,18-2)13(19)21-8-15-6-12(15)10-3-9-4-11(10)16(20,5-9)7-15/h9-12,18,20H,3-8,17H2,1-2H3. The van der Waals surface area contributed by atoms with Gasteiger partial charge in [-0.25, -0.2) is 4.79 Å². The van der Waals surface area contributed by atoms with Crippen molar-refractivity contribution in [1.82, 2.24) is 5.32 Å². The molecule has 4 fully saturated rings. The van der Waals surface area contributed by atoms with Crippen molar-refractivity contribution in [3.05, 3.63) is 0 Å². The molecule has 0 aromatic heterocycles. The van der Waals surface area contributed by atoms with E-state index in [1.165, 1.54) is 12.8 Å². The fourth-order valence-electron chi connectivity index (χ4n) is 5.74. The Kier molecular flexibility index (Phi) is 2.66. The molecule has 2 bridgehead atoms. The fourth-order valence-corrected chi connectivity index (χ4v) is 5.74. The maximum Gasteiger partial charge on any atom is 0.340 e. The molecule has 0 aromatic carbocycles. The first-order valence-electron chi connectivity index (χ1n) is 8.17. The maximum absolute atomic E-state index is 12.0. The minimum absolute atomic E-state index is 0.0324. The van der Waals surface area contributed by atoms with Crippen molar-refractivity contribution < 1.29 is 14.6 Å². The van der Waals surface area contributed by atoms with Crippen LogP contribution in [0.4, 0.5) is 0 Å². The van der Waals surface area contributed by atoms with E-state index >= 15 is 0 Å². The van der Waals surface area contributed by atoms with Gasteiger partial charge in [0.2, 0.25) is 0 Å². The zero-order valence-electron chi connectivity index (χ0n) is 12.9. The smallest absolute Gasteiger partial charge is 0.340 e. The van der Waals surface area contributed by atoms with Crippen LogP contribution in [0.15, 0.2) is 0 Å². The highest BCUT2D eigenvalue weighted by molar-refractivity contribution is 5.79. The van der Waals surface area contributed by atoms with Crippen LogP contribution < -0.4 is 11.1 Å². The molecule has 4 aliphatic rings. The van der Waals surface area contributed by atoms with Crippen molar-refractivity contribution in [3.8, 4) is 0 Å². The SMILES string of the molecule is CNC(C)(N)C(=O)OCC12CC1C1CC3CC1C(O)(C3)C2. The fraction of sp³-hybridized carbons (Fsp3) is 0.938. The van der Waals surface area contributed by atoms with Gasteiger partial charge in [-0.2, -0.15) is 0 Å². The quantitative estimate of drug-likeness (QED) is 0.522. The Bertz CT molecular complexity index is 494. The Morgan fingerprint density at radius 2 is 2.19 bits per heavy atom. The van der Waals surface area contributed by atoms with Crippen molar-refractivity contribution in [2.75, 3.05) is 13.7 Å². The van der Waals surface area contributed by atoms with E-state index in [2.05, 4.69) is 5.32 Å². The van der Waals surface area contributed by atoms with Crippen molar-refractivity contribution in [1.29, 1.82) is 0 Å². The summed E-state index contributed by atoms with van der Waals surface area (Å²) < 4.78 is 5.50. The van der Waals surface area contributed by atoms with Crippen LogP contribution in [-0.4, -0.2) is 36.0 Å². The lowest BCUT2D eigenvalue weighted by Gasteiger charge is -2.45. The van der Waals surface area contributed by atoms with Crippen LogP contribution in [0.3, 0.4) is 0 Å². The zero-order valence-corrected chi connectivity index (χ0v) is 12.9. The van der Waals surface area contributed by atoms with Crippen molar-refractivity contribution in [2.24, 2.45) is 34.8 Å². The number of hydrogen-bond donors (Lipinski definition) is 3. The van der Waals surface area contributed by atoms with Crippen LogP contribution in [0.5, 0.6) is 0 Å². The lowest BCUT2D eigenvalue weighted by Crippen LogP contribution is -2.57. The number of carbonyl (C=O) groups excluding carboxylic acids is 1. The van der Waals surface area contributed by atoms with Crippen LogP contribution in [0.1, 0.15) is 39.0 Å². The van der Waals surface area contributed by atoms with Gasteiger partial charge in [0, 0.05) is 5.41 Å². The second-order valence-corrected chi connectivity index (χ2v) is 8.29. The zero-order chi connectivity index (χ0) is 15.0. The Hall–Kier alpha value is -0.650. The summed E-state index contributed by atoms with van der Waals surface area (Å²) in [4.78, 5) is 12.0. The normalized spacial score (nSPS) is 52.2. The molecule has 4 rings (SSSR count). The second-order valence-electron chi connectivity index (χ2n) is 8.29. The predicted molar refractivity (Wildman–Crippen MR) is 77.0 cm³/mol. The molecule has 0 aliphatic heterocycles. The van der Waals surface area contributed by atoms with Crippen LogP contribution in [0.25, 0.3) is 0 Å². The molecule has 4 aliphatic carbocycles. The Morgan fingerprint density at radius 3 is 2.86 bits per heavy atom. The van der Waals surface area contributed by atoms with Gasteiger partial charge in [0.05, 0.1) is 12.2 Å². The number of aliphatic hydroxyl groups is 1. The van der Waals surface area contributed by atoms with Crippen LogP contribution >= 0.6 is 0 Å². The topological polar surface area (TPSA) is 84.6 Å². The number of carbonyl (C=O) groups is 1. The minimum atomic E-state index is -1.13. The third kappa shape index (κ3) is 1.83. The Balaban J connectivity index is 1.45. The molecule has 0 amide bonds. The first-order valence-corrected chi connectivity index (χ1v) is 8.17. The van der Waals surface area contributed by atoms with Gasteiger partial charge in [0.25, 0.3) is 0 Å². The van der Waals surface area contributed by atoms with Crippen LogP contribution in [0, 0.1) is 29.1 Å². The van der Waals surface area contributed by atoms with Gasteiger partial charge in [-0.05, 0) is 69.7 Å². The van der Waals surface area contributed by atoms with Crippen molar-refractivity contribution in [3.63, 3.8) is 0 Å². The molecular formula is C16H26N2O3. The summed E-state index contributed by atoms with van der Waals surface area (Å²) in [6.45, 7) is 2.04. The van der Waals surface area contributed by atoms with E-state index in [4.69, 9.17) is 10.5 Å². The minimum Gasteiger partial charge on any atom is -0.463 e. The van der Waals surface area contributed by atoms with Crippen LogP contribution in [0.2, 0.25) is 0 Å². The Labute approximate surface area is 125 Å². The number of esters is 1. The summed E-state index contributed by atoms with van der Waals surface area (Å²) in [6, 6.07) is 0.